The van der Waals surface area contributed by atoms with E-state index in [1.807, 2.05) is 0 Å². The van der Waals surface area contributed by atoms with E-state index in [4.69, 9.17) is 5.11 Å². The van der Waals surface area contributed by atoms with E-state index in [0.717, 1.165) is 6.07 Å². The second-order valence-corrected chi connectivity index (χ2v) is 4.01. The first-order chi connectivity index (χ1) is 8.73. The molecule has 8 heteroatoms. The number of aliphatic carboxylic acids is 1. The highest BCUT2D eigenvalue weighted by atomic mass is 19.1. The number of carboxylic acids is 1. The van der Waals surface area contributed by atoms with Gasteiger partial charge in [-0.1, -0.05) is 0 Å². The van der Waals surface area contributed by atoms with Gasteiger partial charge in [-0.2, -0.15) is 0 Å². The molecule has 0 aliphatic heterocycles. The number of rotatable bonds is 5. The number of nitro groups is 1. The predicted molar refractivity (Wildman–Crippen MR) is 61.0 cm³/mol. The lowest BCUT2D eigenvalue weighted by atomic mass is 9.96. The van der Waals surface area contributed by atoms with Crippen LogP contribution in [0.15, 0.2) is 12.1 Å². The van der Waals surface area contributed by atoms with Gasteiger partial charge in [0.2, 0.25) is 0 Å². The Balaban J connectivity index is 3.19. The van der Waals surface area contributed by atoms with Gasteiger partial charge in [0, 0.05) is 5.56 Å². The normalized spacial score (nSPS) is 13.9. The van der Waals surface area contributed by atoms with Crippen LogP contribution < -0.4 is 0 Å². The number of carboxylic acid groups (broad SMARTS) is 1. The summed E-state index contributed by atoms with van der Waals surface area (Å²) < 4.78 is 13.2. The molecule has 1 rings (SSSR count). The van der Waals surface area contributed by atoms with E-state index in [1.165, 1.54) is 6.92 Å². The molecule has 0 amide bonds. The highest BCUT2D eigenvalue weighted by molar-refractivity contribution is 5.67. The average Bonchev–Trinajstić information content (AvgIpc) is 2.29. The van der Waals surface area contributed by atoms with Gasteiger partial charge >= 0.3 is 5.97 Å². The molecule has 2 unspecified atom stereocenters. The lowest BCUT2D eigenvalue weighted by Gasteiger charge is -2.18. The molecule has 0 bridgehead atoms. The van der Waals surface area contributed by atoms with Crippen LogP contribution in [-0.4, -0.2) is 32.3 Å². The Bertz CT molecular complexity index is 518. The number of halogens is 1. The summed E-state index contributed by atoms with van der Waals surface area (Å²) in [6.45, 7) is 1.28. The zero-order valence-corrected chi connectivity index (χ0v) is 9.91. The molecular formula is C11H12FNO6. The van der Waals surface area contributed by atoms with Crippen LogP contribution in [0.5, 0.6) is 0 Å². The molecule has 0 heterocycles. The van der Waals surface area contributed by atoms with Crippen LogP contribution in [0, 0.1) is 22.9 Å². The van der Waals surface area contributed by atoms with Gasteiger partial charge in [0.1, 0.15) is 11.9 Å². The van der Waals surface area contributed by atoms with Crippen LogP contribution in [0.3, 0.4) is 0 Å². The summed E-state index contributed by atoms with van der Waals surface area (Å²) in [5.41, 5.74) is -0.777. The van der Waals surface area contributed by atoms with Gasteiger partial charge < -0.3 is 15.3 Å². The fourth-order valence-electron chi connectivity index (χ4n) is 1.68. The first-order valence-electron chi connectivity index (χ1n) is 5.26. The van der Waals surface area contributed by atoms with Gasteiger partial charge in [-0.25, -0.2) is 4.39 Å². The van der Waals surface area contributed by atoms with Crippen LogP contribution in [0.4, 0.5) is 10.1 Å². The Morgan fingerprint density at radius 2 is 2.05 bits per heavy atom. The van der Waals surface area contributed by atoms with Crippen LogP contribution in [0.2, 0.25) is 0 Å². The molecule has 1 aromatic rings. The van der Waals surface area contributed by atoms with Crippen molar-refractivity contribution >= 4 is 11.7 Å². The Hall–Kier alpha value is -2.06. The summed E-state index contributed by atoms with van der Waals surface area (Å²) in [5.74, 6) is -2.30. The van der Waals surface area contributed by atoms with Gasteiger partial charge in [0.25, 0.3) is 5.69 Å². The number of carbonyl (C=O) groups is 1. The molecule has 2 atom stereocenters. The number of hydrogen-bond acceptors (Lipinski definition) is 5. The first kappa shape index (κ1) is 15.0. The maximum absolute atomic E-state index is 13.2. The van der Waals surface area contributed by atoms with Gasteiger partial charge in [0.05, 0.1) is 23.5 Å². The minimum absolute atomic E-state index is 0.0247. The zero-order chi connectivity index (χ0) is 14.7. The van der Waals surface area contributed by atoms with E-state index in [1.54, 1.807) is 0 Å². The van der Waals surface area contributed by atoms with E-state index < -0.39 is 41.0 Å². The third-order valence-electron chi connectivity index (χ3n) is 2.65. The number of aliphatic hydroxyl groups is 2. The molecule has 0 saturated heterocycles. The van der Waals surface area contributed by atoms with Crippen molar-refractivity contribution in [3.8, 4) is 0 Å². The smallest absolute Gasteiger partial charge is 0.306 e. The maximum Gasteiger partial charge on any atom is 0.306 e. The third kappa shape index (κ3) is 3.46. The van der Waals surface area contributed by atoms with E-state index >= 15 is 0 Å². The van der Waals surface area contributed by atoms with E-state index in [0.29, 0.717) is 6.07 Å². The SMILES string of the molecule is Cc1c(C(O)C(O)CC(=O)O)cc(F)cc1[N+](=O)[O-]. The Morgan fingerprint density at radius 3 is 2.53 bits per heavy atom. The minimum Gasteiger partial charge on any atom is -0.481 e. The number of nitrogens with zero attached hydrogens (tertiary/aromatic N) is 1. The van der Waals surface area contributed by atoms with Crippen LogP contribution in [0.25, 0.3) is 0 Å². The molecule has 7 nitrogen and oxygen atoms in total. The molecule has 0 aliphatic rings. The lowest BCUT2D eigenvalue weighted by Crippen LogP contribution is -2.22. The van der Waals surface area contributed by atoms with Gasteiger partial charge in [-0.3, -0.25) is 14.9 Å². The molecular weight excluding hydrogens is 261 g/mol. The summed E-state index contributed by atoms with van der Waals surface area (Å²) in [6.07, 6.45) is -4.16. The van der Waals surface area contributed by atoms with Gasteiger partial charge in [-0.15, -0.1) is 0 Å². The van der Waals surface area contributed by atoms with Crippen molar-refractivity contribution in [2.24, 2.45) is 0 Å². The first-order valence-corrected chi connectivity index (χ1v) is 5.26. The predicted octanol–water partition coefficient (Wildman–Crippen LogP) is 0.911. The summed E-state index contributed by atoms with van der Waals surface area (Å²) in [7, 11) is 0. The fraction of sp³-hybridized carbons (Fsp3) is 0.364. The monoisotopic (exact) mass is 273 g/mol. The van der Waals surface area contributed by atoms with E-state index in [2.05, 4.69) is 0 Å². The second kappa shape index (κ2) is 5.72. The fourth-order valence-corrected chi connectivity index (χ4v) is 1.68. The quantitative estimate of drug-likeness (QED) is 0.541. The second-order valence-electron chi connectivity index (χ2n) is 4.01. The van der Waals surface area contributed by atoms with Crippen molar-refractivity contribution in [2.45, 2.75) is 25.6 Å². The summed E-state index contributed by atoms with van der Waals surface area (Å²) in [4.78, 5) is 20.3. The summed E-state index contributed by atoms with van der Waals surface area (Å²) in [6, 6.07) is 1.52. The summed E-state index contributed by atoms with van der Waals surface area (Å²) in [5, 5.41) is 38.4. The van der Waals surface area contributed by atoms with Crippen molar-refractivity contribution in [3.05, 3.63) is 39.2 Å². The molecule has 0 aromatic heterocycles. The van der Waals surface area contributed by atoms with Crippen molar-refractivity contribution in [3.63, 3.8) is 0 Å². The third-order valence-corrected chi connectivity index (χ3v) is 2.65. The standard InChI is InChI=1S/C11H12FNO6/c1-5-7(11(17)9(14)4-10(15)16)2-6(12)3-8(5)13(18)19/h2-3,9,11,14,17H,4H2,1H3,(H,15,16). The molecule has 104 valence electrons. The largest absolute Gasteiger partial charge is 0.481 e. The minimum atomic E-state index is -1.72. The highest BCUT2D eigenvalue weighted by Crippen LogP contribution is 2.29. The van der Waals surface area contributed by atoms with Crippen molar-refractivity contribution in [1.29, 1.82) is 0 Å². The van der Waals surface area contributed by atoms with E-state index in [-0.39, 0.29) is 11.1 Å². The van der Waals surface area contributed by atoms with E-state index in [9.17, 15) is 29.5 Å². The molecule has 0 fully saturated rings. The number of hydrogen-bond donors (Lipinski definition) is 3. The van der Waals surface area contributed by atoms with Crippen LogP contribution in [-0.2, 0) is 4.79 Å². The zero-order valence-electron chi connectivity index (χ0n) is 9.91. The van der Waals surface area contributed by atoms with Crippen LogP contribution in [0.1, 0.15) is 23.7 Å². The average molecular weight is 273 g/mol. The van der Waals surface area contributed by atoms with Crippen molar-refractivity contribution in [1.82, 2.24) is 0 Å². The van der Waals surface area contributed by atoms with Crippen molar-refractivity contribution < 1.29 is 29.4 Å². The van der Waals surface area contributed by atoms with Crippen molar-refractivity contribution in [2.75, 3.05) is 0 Å². The molecule has 0 aliphatic carbocycles. The molecule has 1 aromatic carbocycles. The molecule has 19 heavy (non-hydrogen) atoms. The Morgan fingerprint density at radius 1 is 1.47 bits per heavy atom. The Labute approximate surface area is 107 Å². The lowest BCUT2D eigenvalue weighted by molar-refractivity contribution is -0.385. The molecule has 0 saturated carbocycles. The topological polar surface area (TPSA) is 121 Å². The number of nitro benzene ring substituents is 1. The molecule has 0 radical (unpaired) electrons. The highest BCUT2D eigenvalue weighted by Gasteiger charge is 2.26. The summed E-state index contributed by atoms with van der Waals surface area (Å²) >= 11 is 0. The molecule has 0 spiro atoms. The Kier molecular flexibility index (Phi) is 4.52. The van der Waals surface area contributed by atoms with Crippen LogP contribution >= 0.6 is 0 Å². The number of aliphatic hydroxyl groups excluding tert-OH is 2. The number of benzene rings is 1. The maximum atomic E-state index is 13.2. The van der Waals surface area contributed by atoms with Gasteiger partial charge in [0.15, 0.2) is 0 Å². The van der Waals surface area contributed by atoms with Gasteiger partial charge in [-0.05, 0) is 18.6 Å². The molecule has 3 N–H and O–H groups in total.